The molecule has 330 valence electrons. The molecule has 1 aromatic rings. The maximum absolute atomic E-state index is 11.9. The second-order valence-corrected chi connectivity index (χ2v) is 18.1. The van der Waals surface area contributed by atoms with Gasteiger partial charge in [0.25, 0.3) is 0 Å². The summed E-state index contributed by atoms with van der Waals surface area (Å²) in [5, 5.41) is 21.6. The quantitative estimate of drug-likeness (QED) is 0.0384. The smallest absolute Gasteiger partial charge is 0.404 e. The van der Waals surface area contributed by atoms with Crippen LogP contribution in [-0.4, -0.2) is 95.5 Å². The zero-order chi connectivity index (χ0) is 43.0. The summed E-state index contributed by atoms with van der Waals surface area (Å²) in [6.07, 6.45) is 2.44. The fraction of sp³-hybridized carbons (Fsp3) is 0.786. The van der Waals surface area contributed by atoms with Gasteiger partial charge >= 0.3 is 18.3 Å². The van der Waals surface area contributed by atoms with E-state index in [0.29, 0.717) is 19.6 Å². The van der Waals surface area contributed by atoms with Gasteiger partial charge in [-0.15, -0.1) is 0 Å². The third-order valence-corrected chi connectivity index (χ3v) is 10.2. The van der Waals surface area contributed by atoms with Crippen molar-refractivity contribution >= 4 is 18.3 Å². The van der Waals surface area contributed by atoms with Crippen molar-refractivity contribution in [2.45, 2.75) is 132 Å². The lowest BCUT2D eigenvalue weighted by Crippen LogP contribution is -2.65. The Hall–Kier alpha value is -3.21. The van der Waals surface area contributed by atoms with Crippen LogP contribution in [0.5, 0.6) is 0 Å². The molecule has 12 N–H and O–H groups in total. The van der Waals surface area contributed by atoms with Crippen LogP contribution in [0.25, 0.3) is 0 Å². The Morgan fingerprint density at radius 1 is 0.526 bits per heavy atom. The number of ether oxygens (including phenoxy) is 3. The van der Waals surface area contributed by atoms with Crippen molar-refractivity contribution in [3.05, 3.63) is 34.9 Å². The van der Waals surface area contributed by atoms with Crippen LogP contribution in [0, 0.1) is 16.2 Å². The molecule has 0 saturated carbocycles. The summed E-state index contributed by atoms with van der Waals surface area (Å²) < 4.78 is 15.3. The molecule has 1 rings (SSSR count). The number of carbonyl (C=O) groups is 3. The van der Waals surface area contributed by atoms with Crippen molar-refractivity contribution < 1.29 is 28.6 Å². The average molecular weight is 808 g/mol. The standard InChI is InChI=1S/C42H81N9O6/c1-39(2,3)35(57-38(45)54)28-42(40(4,5)6,41(7,8)9)51-22-12-19-50-31-34-26-32(29-48-17-10-15-46-20-13-23-55-36(43)52)25-33(27-34)30-49-18-11-16-47-21-14-24-56-37(44)53/h25-27,35,46-51H,10-24,28-31H2,1-9H3,(H2,43,52)(H2,44,53)(H2,45,54). The van der Waals surface area contributed by atoms with Gasteiger partial charge in [-0.1, -0.05) is 80.5 Å². The van der Waals surface area contributed by atoms with Crippen molar-refractivity contribution in [1.82, 2.24) is 31.9 Å². The highest BCUT2D eigenvalue weighted by Crippen LogP contribution is 2.49. The van der Waals surface area contributed by atoms with Crippen LogP contribution in [0.3, 0.4) is 0 Å². The van der Waals surface area contributed by atoms with Crippen molar-refractivity contribution in [1.29, 1.82) is 0 Å². The third-order valence-electron chi connectivity index (χ3n) is 10.2. The summed E-state index contributed by atoms with van der Waals surface area (Å²) in [6.45, 7) is 29.5. The highest BCUT2D eigenvalue weighted by molar-refractivity contribution is 5.65. The number of nitrogens with two attached hydrogens (primary N) is 3. The minimum absolute atomic E-state index is 0.139. The minimum Gasteiger partial charge on any atom is -0.450 e. The molecular formula is C42H81N9O6. The van der Waals surface area contributed by atoms with E-state index in [1.807, 2.05) is 0 Å². The Morgan fingerprint density at radius 3 is 1.21 bits per heavy atom. The first kappa shape index (κ1) is 51.8. The largest absolute Gasteiger partial charge is 0.450 e. The summed E-state index contributed by atoms with van der Waals surface area (Å²) in [7, 11) is 0. The van der Waals surface area contributed by atoms with Gasteiger partial charge in [0.1, 0.15) is 6.10 Å². The highest BCUT2D eigenvalue weighted by atomic mass is 16.6. The van der Waals surface area contributed by atoms with Crippen LogP contribution in [0.1, 0.15) is 118 Å². The van der Waals surface area contributed by atoms with Crippen LogP contribution in [0.4, 0.5) is 14.4 Å². The van der Waals surface area contributed by atoms with Crippen LogP contribution in [-0.2, 0) is 33.8 Å². The second-order valence-electron chi connectivity index (χ2n) is 18.1. The van der Waals surface area contributed by atoms with Crippen molar-refractivity contribution in [2.75, 3.05) is 65.6 Å². The van der Waals surface area contributed by atoms with Gasteiger partial charge in [-0.2, -0.15) is 0 Å². The van der Waals surface area contributed by atoms with Crippen LogP contribution in [0.2, 0.25) is 0 Å². The van der Waals surface area contributed by atoms with E-state index >= 15 is 0 Å². The first-order chi connectivity index (χ1) is 26.7. The predicted molar refractivity (Wildman–Crippen MR) is 230 cm³/mol. The Morgan fingerprint density at radius 2 is 0.877 bits per heavy atom. The fourth-order valence-corrected chi connectivity index (χ4v) is 7.31. The lowest BCUT2D eigenvalue weighted by atomic mass is 9.56. The number of benzene rings is 1. The molecule has 0 spiro atoms. The topological polar surface area (TPSA) is 229 Å². The van der Waals surface area contributed by atoms with Crippen LogP contribution < -0.4 is 49.1 Å². The third kappa shape index (κ3) is 22.5. The van der Waals surface area contributed by atoms with E-state index in [0.717, 1.165) is 104 Å². The molecular weight excluding hydrogens is 727 g/mol. The minimum atomic E-state index is -0.736. The summed E-state index contributed by atoms with van der Waals surface area (Å²) in [5.74, 6) is 0. The van der Waals surface area contributed by atoms with E-state index in [4.69, 9.17) is 31.4 Å². The van der Waals surface area contributed by atoms with Gasteiger partial charge in [-0.3, -0.25) is 0 Å². The van der Waals surface area contributed by atoms with Crippen LogP contribution in [0.15, 0.2) is 18.2 Å². The summed E-state index contributed by atoms with van der Waals surface area (Å²) in [4.78, 5) is 33.3. The zero-order valence-electron chi connectivity index (χ0n) is 36.9. The SMILES string of the molecule is CC(C)(C)C(CC(NCCCNCc1cc(CNCCCNCCCOC(N)=O)cc(CNCCCNCCCOC(N)=O)c1)(C(C)(C)C)C(C)(C)C)OC(N)=O. The van der Waals surface area contributed by atoms with Gasteiger partial charge in [-0.25, -0.2) is 14.4 Å². The molecule has 57 heavy (non-hydrogen) atoms. The number of nitrogens with one attached hydrogen (secondary N) is 6. The molecule has 15 heteroatoms. The molecule has 0 aromatic heterocycles. The molecule has 1 unspecified atom stereocenters. The van der Waals surface area contributed by atoms with Crippen LogP contribution >= 0.6 is 0 Å². The molecule has 0 bridgehead atoms. The molecule has 1 atom stereocenters. The first-order valence-corrected chi connectivity index (χ1v) is 20.9. The van der Waals surface area contributed by atoms with Gasteiger partial charge in [0, 0.05) is 31.6 Å². The summed E-state index contributed by atoms with van der Waals surface area (Å²) >= 11 is 0. The zero-order valence-corrected chi connectivity index (χ0v) is 36.9. The van der Waals surface area contributed by atoms with Crippen molar-refractivity contribution in [3.8, 4) is 0 Å². The Kier molecular flexibility index (Phi) is 24.3. The van der Waals surface area contributed by atoms with Gasteiger partial charge in [0.15, 0.2) is 0 Å². The maximum Gasteiger partial charge on any atom is 0.404 e. The van der Waals surface area contributed by atoms with Crippen molar-refractivity contribution in [2.24, 2.45) is 33.4 Å². The predicted octanol–water partition coefficient (Wildman–Crippen LogP) is 4.60. The number of rotatable bonds is 30. The monoisotopic (exact) mass is 808 g/mol. The lowest BCUT2D eigenvalue weighted by molar-refractivity contribution is -0.0553. The van der Waals surface area contributed by atoms with E-state index in [1.54, 1.807) is 0 Å². The number of primary amides is 3. The average Bonchev–Trinajstić information content (AvgIpc) is 3.08. The number of hydrogen-bond acceptors (Lipinski definition) is 12. The Bertz CT molecular complexity index is 1230. The van der Waals surface area contributed by atoms with E-state index < -0.39 is 18.3 Å². The number of carbonyl (C=O) groups excluding carboxylic acids is 3. The molecule has 0 radical (unpaired) electrons. The van der Waals surface area contributed by atoms with E-state index in [-0.39, 0.29) is 27.9 Å². The molecule has 0 aliphatic rings. The van der Waals surface area contributed by atoms with Gasteiger partial charge in [0.2, 0.25) is 0 Å². The highest BCUT2D eigenvalue weighted by Gasteiger charge is 2.53. The Labute approximate surface area is 344 Å². The van der Waals surface area contributed by atoms with Gasteiger partial charge in [-0.05, 0) is 117 Å². The molecule has 15 nitrogen and oxygen atoms in total. The van der Waals surface area contributed by atoms with E-state index in [2.05, 4.69) is 112 Å². The van der Waals surface area contributed by atoms with Gasteiger partial charge < -0.3 is 63.3 Å². The molecule has 0 fully saturated rings. The fourth-order valence-electron chi connectivity index (χ4n) is 7.31. The summed E-state index contributed by atoms with van der Waals surface area (Å²) in [5.41, 5.74) is 18.4. The molecule has 0 heterocycles. The van der Waals surface area contributed by atoms with E-state index in [9.17, 15) is 14.4 Å². The maximum atomic E-state index is 11.9. The number of hydrogen-bond donors (Lipinski definition) is 9. The van der Waals surface area contributed by atoms with Gasteiger partial charge in [0.05, 0.1) is 13.2 Å². The molecule has 0 aliphatic heterocycles. The molecule has 0 aliphatic carbocycles. The normalized spacial score (nSPS) is 13.0. The summed E-state index contributed by atoms with van der Waals surface area (Å²) in [6, 6.07) is 6.83. The first-order valence-electron chi connectivity index (χ1n) is 20.9. The number of amides is 3. The molecule has 3 amide bonds. The Balaban J connectivity index is 2.81. The molecule has 1 aromatic carbocycles. The lowest BCUT2D eigenvalue weighted by Gasteiger charge is -2.56. The molecule has 0 saturated heterocycles. The van der Waals surface area contributed by atoms with E-state index in [1.165, 1.54) is 16.7 Å². The second kappa shape index (κ2) is 26.7. The van der Waals surface area contributed by atoms with Crippen molar-refractivity contribution in [3.63, 3.8) is 0 Å².